The maximum atomic E-state index is 6.63. The standard InChI is InChI=1S/C32H28N8O/c1-4-27-23(15-35-37-27)9-19(1)21-3-6-29-30(11-21)41-31-12-22(20-2-5-28-24(10-20)16-36-38-28)14-34-32(31)40(29)8-7-39-18-25-13-26(39)17-33-25/h1-6,9-12,14-16,25-26,33H,7-8,13,17-18H2,(H,35,37)(H,36,38)/t25-,26-/m1/s1. The molecule has 2 fully saturated rings. The highest BCUT2D eigenvalue weighted by molar-refractivity contribution is 5.87. The van der Waals surface area contributed by atoms with Crippen molar-refractivity contribution in [2.45, 2.75) is 18.5 Å². The molecule has 9 rings (SSSR count). The molecular weight excluding hydrogens is 512 g/mol. The van der Waals surface area contributed by atoms with E-state index >= 15 is 0 Å². The Morgan fingerprint density at radius 3 is 2.20 bits per heavy atom. The lowest BCUT2D eigenvalue weighted by molar-refractivity contribution is 0.231. The number of nitrogens with zero attached hydrogens (tertiary/aromatic N) is 5. The number of hydrogen-bond donors (Lipinski definition) is 3. The normalized spacial score (nSPS) is 19.6. The second kappa shape index (κ2) is 8.89. The quantitative estimate of drug-likeness (QED) is 0.267. The summed E-state index contributed by atoms with van der Waals surface area (Å²) in [6.45, 7) is 4.04. The molecule has 3 aromatic heterocycles. The fourth-order valence-corrected chi connectivity index (χ4v) is 6.72. The summed E-state index contributed by atoms with van der Waals surface area (Å²) >= 11 is 0. The third-order valence-electron chi connectivity index (χ3n) is 8.89. The molecule has 3 N–H and O–H groups in total. The van der Waals surface area contributed by atoms with Gasteiger partial charge in [0.05, 0.1) is 29.1 Å². The first-order valence-electron chi connectivity index (χ1n) is 14.2. The van der Waals surface area contributed by atoms with E-state index in [4.69, 9.17) is 9.72 Å². The summed E-state index contributed by atoms with van der Waals surface area (Å²) in [6, 6.07) is 22.5. The van der Waals surface area contributed by atoms with Crippen LogP contribution in [0, 0.1) is 0 Å². The Hall–Kier alpha value is -4.73. The lowest BCUT2D eigenvalue weighted by Gasteiger charge is -2.35. The van der Waals surface area contributed by atoms with Gasteiger partial charge in [0.2, 0.25) is 0 Å². The van der Waals surface area contributed by atoms with E-state index in [1.807, 2.05) is 18.6 Å². The summed E-state index contributed by atoms with van der Waals surface area (Å²) in [7, 11) is 0. The zero-order valence-electron chi connectivity index (χ0n) is 22.3. The predicted octanol–water partition coefficient (Wildman–Crippen LogP) is 5.46. The van der Waals surface area contributed by atoms with Gasteiger partial charge in [-0.15, -0.1) is 0 Å². The van der Waals surface area contributed by atoms with Crippen molar-refractivity contribution in [3.63, 3.8) is 0 Å². The number of anilines is 2. The summed E-state index contributed by atoms with van der Waals surface area (Å²) in [5.74, 6) is 2.48. The van der Waals surface area contributed by atoms with Gasteiger partial charge in [0, 0.05) is 60.8 Å². The lowest BCUT2D eigenvalue weighted by atomic mass is 10.0. The maximum absolute atomic E-state index is 6.63. The molecule has 0 unspecified atom stereocenters. The van der Waals surface area contributed by atoms with Crippen LogP contribution in [0.1, 0.15) is 6.42 Å². The molecule has 0 aliphatic carbocycles. The van der Waals surface area contributed by atoms with E-state index in [1.165, 1.54) is 6.42 Å². The van der Waals surface area contributed by atoms with Gasteiger partial charge in [-0.25, -0.2) is 4.98 Å². The number of benzene rings is 3. The number of likely N-dealkylation sites (tertiary alicyclic amines) is 1. The van der Waals surface area contributed by atoms with E-state index in [9.17, 15) is 0 Å². The third kappa shape index (κ3) is 3.81. The van der Waals surface area contributed by atoms with Gasteiger partial charge in [0.15, 0.2) is 17.3 Å². The van der Waals surface area contributed by atoms with E-state index in [0.717, 1.165) is 93.2 Å². The first kappa shape index (κ1) is 23.0. The minimum Gasteiger partial charge on any atom is -0.451 e. The third-order valence-corrected chi connectivity index (χ3v) is 8.89. The van der Waals surface area contributed by atoms with Crippen molar-refractivity contribution < 1.29 is 4.74 Å². The zero-order valence-corrected chi connectivity index (χ0v) is 22.3. The highest BCUT2D eigenvalue weighted by atomic mass is 16.5. The van der Waals surface area contributed by atoms with Crippen LogP contribution in [0.4, 0.5) is 11.5 Å². The summed E-state index contributed by atoms with van der Waals surface area (Å²) in [5, 5.41) is 20.2. The van der Waals surface area contributed by atoms with Gasteiger partial charge < -0.3 is 15.0 Å². The first-order valence-corrected chi connectivity index (χ1v) is 14.2. The van der Waals surface area contributed by atoms with Crippen LogP contribution in [-0.4, -0.2) is 68.5 Å². The number of aromatic nitrogens is 5. The molecule has 41 heavy (non-hydrogen) atoms. The summed E-state index contributed by atoms with van der Waals surface area (Å²) in [6.07, 6.45) is 6.92. The number of nitrogens with one attached hydrogen (secondary N) is 3. The lowest BCUT2D eigenvalue weighted by Crippen LogP contribution is -2.46. The van der Waals surface area contributed by atoms with Gasteiger partial charge in [-0.3, -0.25) is 15.1 Å². The van der Waals surface area contributed by atoms with Crippen molar-refractivity contribution in [2.24, 2.45) is 0 Å². The fraction of sp³-hybridized carbons (Fsp3) is 0.219. The van der Waals surface area contributed by atoms with Crippen LogP contribution in [0.25, 0.3) is 44.1 Å². The van der Waals surface area contributed by atoms with Crippen molar-refractivity contribution in [1.82, 2.24) is 35.6 Å². The molecule has 0 spiro atoms. The van der Waals surface area contributed by atoms with Gasteiger partial charge in [-0.1, -0.05) is 18.2 Å². The Balaban J connectivity index is 1.10. The molecule has 2 saturated heterocycles. The van der Waals surface area contributed by atoms with Gasteiger partial charge in [0.25, 0.3) is 0 Å². The highest BCUT2D eigenvalue weighted by Gasteiger charge is 2.38. The molecule has 0 radical (unpaired) electrons. The highest BCUT2D eigenvalue weighted by Crippen LogP contribution is 2.48. The molecule has 2 atom stereocenters. The largest absolute Gasteiger partial charge is 0.451 e. The molecule has 9 heteroatoms. The number of rotatable bonds is 5. The van der Waals surface area contributed by atoms with Crippen molar-refractivity contribution >= 4 is 33.3 Å². The monoisotopic (exact) mass is 540 g/mol. The van der Waals surface area contributed by atoms with Crippen LogP contribution in [0.2, 0.25) is 0 Å². The molecule has 3 aromatic carbocycles. The van der Waals surface area contributed by atoms with Gasteiger partial charge in [0.1, 0.15) is 0 Å². The second-order valence-corrected chi connectivity index (χ2v) is 11.3. The van der Waals surface area contributed by atoms with Crippen LogP contribution in [0.15, 0.2) is 79.3 Å². The minimum atomic E-state index is 0.632. The van der Waals surface area contributed by atoms with Crippen LogP contribution in [0.3, 0.4) is 0 Å². The van der Waals surface area contributed by atoms with Gasteiger partial charge >= 0.3 is 0 Å². The average molecular weight is 541 g/mol. The zero-order chi connectivity index (χ0) is 26.9. The predicted molar refractivity (Wildman–Crippen MR) is 160 cm³/mol. The second-order valence-electron chi connectivity index (χ2n) is 11.3. The van der Waals surface area contributed by atoms with Crippen molar-refractivity contribution in [2.75, 3.05) is 31.1 Å². The topological polar surface area (TPSA) is 98.0 Å². The number of pyridine rings is 1. The van der Waals surface area contributed by atoms with Crippen molar-refractivity contribution in [1.29, 1.82) is 0 Å². The molecule has 6 aromatic rings. The Kier molecular flexibility index (Phi) is 4.99. The maximum Gasteiger partial charge on any atom is 0.176 e. The van der Waals surface area contributed by atoms with Crippen LogP contribution < -0.4 is 15.0 Å². The Bertz CT molecular complexity index is 1820. The van der Waals surface area contributed by atoms with Crippen LogP contribution in [0.5, 0.6) is 11.5 Å². The molecule has 3 aliphatic heterocycles. The van der Waals surface area contributed by atoms with Gasteiger partial charge in [-0.05, 0) is 65.6 Å². The molecule has 202 valence electrons. The number of piperazine rings is 1. The van der Waals surface area contributed by atoms with E-state index in [2.05, 4.69) is 96.2 Å². The molecule has 0 saturated carbocycles. The Labute approximate surface area is 236 Å². The molecule has 0 amide bonds. The molecule has 3 aliphatic rings. The summed E-state index contributed by atoms with van der Waals surface area (Å²) in [5.41, 5.74) is 7.42. The first-order chi connectivity index (χ1) is 20.2. The minimum absolute atomic E-state index is 0.632. The Morgan fingerprint density at radius 1 is 0.756 bits per heavy atom. The van der Waals surface area contributed by atoms with Crippen molar-refractivity contribution in [3.05, 3.63) is 79.3 Å². The molecular formula is C32H28N8O. The SMILES string of the molecule is c1cc2c(cc1-c1ccc3[nH]ncc3c1)Oc1cc(-c3ccc4[nH]ncc4c3)cnc1N2CCN1C[C@H]2C[C@@H]1CN2. The smallest absolute Gasteiger partial charge is 0.176 e. The summed E-state index contributed by atoms with van der Waals surface area (Å²) in [4.78, 5) is 9.94. The number of hydrogen-bond acceptors (Lipinski definition) is 7. The average Bonchev–Trinajstić information content (AvgIpc) is 3.83. The van der Waals surface area contributed by atoms with E-state index in [-0.39, 0.29) is 0 Å². The Morgan fingerprint density at radius 2 is 1.46 bits per heavy atom. The molecule has 2 bridgehead atoms. The number of aromatic amines is 2. The van der Waals surface area contributed by atoms with E-state index < -0.39 is 0 Å². The number of H-pyrrole nitrogens is 2. The van der Waals surface area contributed by atoms with E-state index in [1.54, 1.807) is 0 Å². The number of ether oxygens (including phenoxy) is 1. The van der Waals surface area contributed by atoms with E-state index in [0.29, 0.717) is 12.1 Å². The molecule has 9 nitrogen and oxygen atoms in total. The molecule has 6 heterocycles. The van der Waals surface area contributed by atoms with Crippen molar-refractivity contribution in [3.8, 4) is 33.8 Å². The van der Waals surface area contributed by atoms with Crippen LogP contribution in [-0.2, 0) is 0 Å². The van der Waals surface area contributed by atoms with Gasteiger partial charge in [-0.2, -0.15) is 10.2 Å². The summed E-state index contributed by atoms with van der Waals surface area (Å²) < 4.78 is 6.63. The fourth-order valence-electron chi connectivity index (χ4n) is 6.72. The number of fused-ring (bicyclic) bond motifs is 6. The van der Waals surface area contributed by atoms with Crippen LogP contribution >= 0.6 is 0 Å².